The number of benzene rings is 1. The van der Waals surface area contributed by atoms with Crippen LogP contribution in [0.3, 0.4) is 0 Å². The van der Waals surface area contributed by atoms with Gasteiger partial charge in [0.25, 0.3) is 0 Å². The number of hydrogen-bond donors (Lipinski definition) is 2. The molecule has 2 rings (SSSR count). The van der Waals surface area contributed by atoms with E-state index < -0.39 is 10.0 Å². The van der Waals surface area contributed by atoms with Crippen LogP contribution in [0.2, 0.25) is 0 Å². The van der Waals surface area contributed by atoms with Crippen LogP contribution in [0, 0.1) is 0 Å². The van der Waals surface area contributed by atoms with E-state index in [1.165, 1.54) is 6.33 Å². The van der Waals surface area contributed by atoms with Crippen LogP contribution in [0.15, 0.2) is 46.2 Å². The number of aromatic nitrogens is 2. The largest absolute Gasteiger partial charge is 0.316 e. The van der Waals surface area contributed by atoms with Gasteiger partial charge in [-0.1, -0.05) is 6.07 Å². The molecule has 0 radical (unpaired) electrons. The van der Waals surface area contributed by atoms with Crippen molar-refractivity contribution in [2.75, 3.05) is 7.05 Å². The molecule has 0 aliphatic heterocycles. The standard InChI is InChI=1S/C13H15BrN4O2S/c1-15-7-10-2-3-12(14)13(6-10)21(19,20)18-8-11-4-5-16-9-17-11/h2-6,9,15,18H,7-8H2,1H3. The predicted octanol–water partition coefficient (Wildman–Crippen LogP) is 1.44. The molecule has 0 unspecified atom stereocenters. The summed E-state index contributed by atoms with van der Waals surface area (Å²) < 4.78 is 27.8. The molecular weight excluding hydrogens is 356 g/mol. The monoisotopic (exact) mass is 370 g/mol. The van der Waals surface area contributed by atoms with Crippen molar-refractivity contribution in [1.29, 1.82) is 0 Å². The molecule has 1 aromatic heterocycles. The second kappa shape index (κ2) is 7.08. The Morgan fingerprint density at radius 2 is 2.05 bits per heavy atom. The zero-order valence-electron chi connectivity index (χ0n) is 11.4. The third-order valence-electron chi connectivity index (χ3n) is 2.75. The maximum atomic E-state index is 12.4. The van der Waals surface area contributed by atoms with Gasteiger partial charge in [0.05, 0.1) is 17.1 Å². The summed E-state index contributed by atoms with van der Waals surface area (Å²) in [6.45, 7) is 0.718. The summed E-state index contributed by atoms with van der Waals surface area (Å²) in [6.07, 6.45) is 2.95. The minimum Gasteiger partial charge on any atom is -0.316 e. The van der Waals surface area contributed by atoms with E-state index in [0.29, 0.717) is 16.7 Å². The molecule has 0 saturated heterocycles. The number of hydrogen-bond acceptors (Lipinski definition) is 5. The van der Waals surface area contributed by atoms with Gasteiger partial charge < -0.3 is 5.32 Å². The lowest BCUT2D eigenvalue weighted by atomic mass is 10.2. The topological polar surface area (TPSA) is 84.0 Å². The molecule has 0 atom stereocenters. The number of halogens is 1. The van der Waals surface area contributed by atoms with E-state index in [0.717, 1.165) is 5.56 Å². The third kappa shape index (κ3) is 4.31. The summed E-state index contributed by atoms with van der Waals surface area (Å²) in [5.41, 5.74) is 1.50. The Labute approximate surface area is 132 Å². The average Bonchev–Trinajstić information content (AvgIpc) is 2.48. The Bertz CT molecular complexity index is 707. The molecule has 0 saturated carbocycles. The minimum absolute atomic E-state index is 0.119. The fourth-order valence-corrected chi connectivity index (χ4v) is 3.75. The van der Waals surface area contributed by atoms with E-state index in [1.54, 1.807) is 24.4 Å². The van der Waals surface area contributed by atoms with Crippen LogP contribution in [-0.4, -0.2) is 25.4 Å². The quantitative estimate of drug-likeness (QED) is 0.803. The Kier molecular flexibility index (Phi) is 5.40. The molecule has 0 aliphatic carbocycles. The summed E-state index contributed by atoms with van der Waals surface area (Å²) in [4.78, 5) is 7.99. The summed E-state index contributed by atoms with van der Waals surface area (Å²) in [7, 11) is -1.81. The minimum atomic E-state index is -3.62. The molecule has 0 fully saturated rings. The normalized spacial score (nSPS) is 11.5. The van der Waals surface area contributed by atoms with Gasteiger partial charge >= 0.3 is 0 Å². The number of nitrogens with zero attached hydrogens (tertiary/aromatic N) is 2. The SMILES string of the molecule is CNCc1ccc(Br)c(S(=O)(=O)NCc2ccncn2)c1. The van der Waals surface area contributed by atoms with Crippen LogP contribution in [0.5, 0.6) is 0 Å². The first-order valence-corrected chi connectivity index (χ1v) is 8.48. The highest BCUT2D eigenvalue weighted by molar-refractivity contribution is 9.10. The van der Waals surface area contributed by atoms with Gasteiger partial charge in [0.15, 0.2) is 0 Å². The smallest absolute Gasteiger partial charge is 0.242 e. The molecule has 2 aromatic rings. The second-order valence-corrected chi connectivity index (χ2v) is 6.91. The van der Waals surface area contributed by atoms with Crippen molar-refractivity contribution in [2.24, 2.45) is 0 Å². The second-order valence-electron chi connectivity index (χ2n) is 4.32. The van der Waals surface area contributed by atoms with Gasteiger partial charge in [0.1, 0.15) is 6.33 Å². The summed E-state index contributed by atoms with van der Waals surface area (Å²) >= 11 is 3.28. The van der Waals surface area contributed by atoms with Gasteiger partial charge in [-0.3, -0.25) is 0 Å². The van der Waals surface area contributed by atoms with Crippen LogP contribution < -0.4 is 10.0 Å². The Hall–Kier alpha value is -1.35. The maximum absolute atomic E-state index is 12.4. The molecule has 21 heavy (non-hydrogen) atoms. The highest BCUT2D eigenvalue weighted by Gasteiger charge is 2.18. The van der Waals surface area contributed by atoms with Crippen LogP contribution in [0.1, 0.15) is 11.3 Å². The maximum Gasteiger partial charge on any atom is 0.242 e. The van der Waals surface area contributed by atoms with Gasteiger partial charge in [-0.25, -0.2) is 23.1 Å². The van der Waals surface area contributed by atoms with Crippen molar-refractivity contribution in [3.63, 3.8) is 0 Å². The van der Waals surface area contributed by atoms with E-state index in [2.05, 4.69) is 35.9 Å². The third-order valence-corrected chi connectivity index (χ3v) is 5.15. The molecular formula is C13H15BrN4O2S. The van der Waals surface area contributed by atoms with Crippen molar-refractivity contribution >= 4 is 26.0 Å². The molecule has 2 N–H and O–H groups in total. The fourth-order valence-electron chi connectivity index (χ4n) is 1.74. The van der Waals surface area contributed by atoms with Gasteiger partial charge in [0.2, 0.25) is 10.0 Å². The molecule has 1 heterocycles. The van der Waals surface area contributed by atoms with E-state index in [9.17, 15) is 8.42 Å². The Balaban J connectivity index is 2.21. The van der Waals surface area contributed by atoms with Crippen molar-refractivity contribution in [1.82, 2.24) is 20.0 Å². The molecule has 0 bridgehead atoms. The average molecular weight is 371 g/mol. The summed E-state index contributed by atoms with van der Waals surface area (Å²) in [5, 5.41) is 2.99. The van der Waals surface area contributed by atoms with Crippen molar-refractivity contribution in [3.05, 3.63) is 52.5 Å². The number of nitrogens with one attached hydrogen (secondary N) is 2. The predicted molar refractivity (Wildman–Crippen MR) is 83.0 cm³/mol. The van der Waals surface area contributed by atoms with E-state index in [1.807, 2.05) is 13.1 Å². The molecule has 6 nitrogen and oxygen atoms in total. The van der Waals surface area contributed by atoms with Gasteiger partial charge in [0, 0.05) is 17.2 Å². The Morgan fingerprint density at radius 1 is 1.24 bits per heavy atom. The van der Waals surface area contributed by atoms with Crippen LogP contribution in [0.4, 0.5) is 0 Å². The molecule has 0 aliphatic rings. The zero-order valence-corrected chi connectivity index (χ0v) is 13.8. The van der Waals surface area contributed by atoms with Gasteiger partial charge in [-0.15, -0.1) is 0 Å². The van der Waals surface area contributed by atoms with Crippen molar-refractivity contribution in [2.45, 2.75) is 18.0 Å². The lowest BCUT2D eigenvalue weighted by molar-refractivity contribution is 0.579. The summed E-state index contributed by atoms with van der Waals surface area (Å²) in [6, 6.07) is 6.90. The van der Waals surface area contributed by atoms with Crippen molar-refractivity contribution < 1.29 is 8.42 Å². The first-order valence-electron chi connectivity index (χ1n) is 6.20. The molecule has 0 amide bonds. The molecule has 8 heteroatoms. The van der Waals surface area contributed by atoms with Gasteiger partial charge in [-0.2, -0.15) is 0 Å². The van der Waals surface area contributed by atoms with Crippen LogP contribution in [-0.2, 0) is 23.1 Å². The number of rotatable bonds is 6. The number of sulfonamides is 1. The molecule has 112 valence electrons. The van der Waals surface area contributed by atoms with Crippen LogP contribution in [0.25, 0.3) is 0 Å². The first kappa shape index (κ1) is 16.0. The zero-order chi connectivity index (χ0) is 15.3. The molecule has 1 aromatic carbocycles. The Morgan fingerprint density at radius 3 is 2.71 bits per heavy atom. The van der Waals surface area contributed by atoms with E-state index >= 15 is 0 Å². The summed E-state index contributed by atoms with van der Waals surface area (Å²) in [5.74, 6) is 0. The molecule has 0 spiro atoms. The highest BCUT2D eigenvalue weighted by atomic mass is 79.9. The van der Waals surface area contributed by atoms with Crippen LogP contribution >= 0.6 is 15.9 Å². The highest BCUT2D eigenvalue weighted by Crippen LogP contribution is 2.23. The van der Waals surface area contributed by atoms with E-state index in [-0.39, 0.29) is 11.4 Å². The fraction of sp³-hybridized carbons (Fsp3) is 0.231. The van der Waals surface area contributed by atoms with E-state index in [4.69, 9.17) is 0 Å². The van der Waals surface area contributed by atoms with Crippen molar-refractivity contribution in [3.8, 4) is 0 Å². The lowest BCUT2D eigenvalue weighted by Crippen LogP contribution is -2.24. The lowest BCUT2D eigenvalue weighted by Gasteiger charge is -2.10. The van der Waals surface area contributed by atoms with Gasteiger partial charge in [-0.05, 0) is 46.7 Å². The first-order chi connectivity index (χ1) is 10.0.